The molecule has 0 saturated carbocycles. The molecule has 114 valence electrons. The first-order valence-corrected chi connectivity index (χ1v) is 6.69. The van der Waals surface area contributed by atoms with Crippen LogP contribution in [0.15, 0.2) is 30.0 Å². The molecule has 0 aliphatic carbocycles. The minimum Gasteiger partial charge on any atom is -0.504 e. The number of carboxylic acid groups (broad SMARTS) is 1. The zero-order valence-electron chi connectivity index (χ0n) is 11.7. The van der Waals surface area contributed by atoms with Crippen molar-refractivity contribution < 1.29 is 20.1 Å². The lowest BCUT2D eigenvalue weighted by molar-refractivity contribution is -0.132. The summed E-state index contributed by atoms with van der Waals surface area (Å²) < 4.78 is 1.55. The van der Waals surface area contributed by atoms with E-state index in [0.717, 1.165) is 0 Å². The molecule has 2 aromatic rings. The van der Waals surface area contributed by atoms with Gasteiger partial charge in [0.05, 0.1) is 0 Å². The van der Waals surface area contributed by atoms with Gasteiger partial charge in [0, 0.05) is 6.42 Å². The maximum atomic E-state index is 11.3. The number of aryl methyl sites for hydroxylation is 1. The van der Waals surface area contributed by atoms with E-state index in [2.05, 4.69) is 15.4 Å². The zero-order chi connectivity index (χ0) is 15.9. The fourth-order valence-corrected chi connectivity index (χ4v) is 2.27. The van der Waals surface area contributed by atoms with Crippen molar-refractivity contribution in [1.29, 1.82) is 0 Å². The number of aliphatic carboxylic acids is 1. The predicted octanol–water partition coefficient (Wildman–Crippen LogP) is 1.24. The van der Waals surface area contributed by atoms with Crippen LogP contribution in [0, 0.1) is 0 Å². The largest absolute Gasteiger partial charge is 0.504 e. The molecule has 1 atom stereocenters. The van der Waals surface area contributed by atoms with E-state index in [0.29, 0.717) is 23.8 Å². The van der Waals surface area contributed by atoms with E-state index in [-0.39, 0.29) is 17.2 Å². The second kappa shape index (κ2) is 5.06. The van der Waals surface area contributed by atoms with Crippen molar-refractivity contribution >= 4 is 11.9 Å². The van der Waals surface area contributed by atoms with Crippen LogP contribution < -0.4 is 5.32 Å². The summed E-state index contributed by atoms with van der Waals surface area (Å²) in [5, 5.41) is 35.3. The Balaban J connectivity index is 2.13. The van der Waals surface area contributed by atoms with Crippen LogP contribution in [-0.4, -0.2) is 36.1 Å². The first-order valence-electron chi connectivity index (χ1n) is 6.69. The van der Waals surface area contributed by atoms with E-state index < -0.39 is 12.0 Å². The molecular formula is C14H14N4O4. The summed E-state index contributed by atoms with van der Waals surface area (Å²) in [6.07, 6.45) is 2.09. The molecule has 4 N–H and O–H groups in total. The van der Waals surface area contributed by atoms with Crippen LogP contribution in [0.4, 0.5) is 5.95 Å². The lowest BCUT2D eigenvalue weighted by Crippen LogP contribution is -2.24. The third-order valence-electron chi connectivity index (χ3n) is 3.40. The number of allylic oxidation sites excluding steroid dienone is 1. The molecule has 1 aromatic carbocycles. The third kappa shape index (κ3) is 2.24. The Kier molecular flexibility index (Phi) is 3.21. The first kappa shape index (κ1) is 13.9. The van der Waals surface area contributed by atoms with Crippen LogP contribution >= 0.6 is 0 Å². The maximum Gasteiger partial charge on any atom is 0.352 e. The van der Waals surface area contributed by atoms with Crippen LogP contribution in [0.2, 0.25) is 0 Å². The number of aromatic hydroxyl groups is 2. The molecule has 8 nitrogen and oxygen atoms in total. The van der Waals surface area contributed by atoms with Crippen LogP contribution in [0.5, 0.6) is 11.5 Å². The molecule has 3 rings (SSSR count). The molecule has 0 radical (unpaired) electrons. The Morgan fingerprint density at radius 1 is 1.36 bits per heavy atom. The van der Waals surface area contributed by atoms with E-state index in [9.17, 15) is 20.1 Å². The first-order chi connectivity index (χ1) is 10.5. The summed E-state index contributed by atoms with van der Waals surface area (Å²) in [7, 11) is 0. The van der Waals surface area contributed by atoms with Crippen molar-refractivity contribution in [2.75, 3.05) is 5.32 Å². The summed E-state index contributed by atoms with van der Waals surface area (Å²) >= 11 is 0. The monoisotopic (exact) mass is 302 g/mol. The van der Waals surface area contributed by atoms with Crippen molar-refractivity contribution in [3.63, 3.8) is 0 Å². The lowest BCUT2D eigenvalue weighted by Gasteiger charge is -2.22. The van der Waals surface area contributed by atoms with Gasteiger partial charge < -0.3 is 20.6 Å². The van der Waals surface area contributed by atoms with Gasteiger partial charge in [0.1, 0.15) is 11.7 Å². The van der Waals surface area contributed by atoms with E-state index in [1.54, 1.807) is 10.7 Å². The summed E-state index contributed by atoms with van der Waals surface area (Å²) in [5.41, 5.74) is 0.574. The number of rotatable bonds is 3. The number of fused-ring (bicyclic) bond motifs is 1. The summed E-state index contributed by atoms with van der Waals surface area (Å²) in [6, 6.07) is 3.77. The number of benzene rings is 1. The molecule has 2 heterocycles. The number of carboxylic acids is 1. The van der Waals surface area contributed by atoms with Crippen LogP contribution in [0.1, 0.15) is 24.4 Å². The lowest BCUT2D eigenvalue weighted by atomic mass is 10.0. The van der Waals surface area contributed by atoms with E-state index >= 15 is 0 Å². The molecule has 1 aromatic heterocycles. The second-order valence-corrected chi connectivity index (χ2v) is 4.85. The Labute approximate surface area is 125 Å². The van der Waals surface area contributed by atoms with Gasteiger partial charge in [-0.05, 0) is 23.8 Å². The van der Waals surface area contributed by atoms with Gasteiger partial charge >= 0.3 is 5.97 Å². The van der Waals surface area contributed by atoms with E-state index in [1.807, 2.05) is 6.92 Å². The van der Waals surface area contributed by atoms with Crippen LogP contribution in [0.3, 0.4) is 0 Å². The minimum absolute atomic E-state index is 0.0138. The second-order valence-electron chi connectivity index (χ2n) is 4.85. The number of aromatic nitrogens is 3. The van der Waals surface area contributed by atoms with Crippen molar-refractivity contribution in [3.05, 3.63) is 41.4 Å². The molecule has 0 bridgehead atoms. The quantitative estimate of drug-likeness (QED) is 0.629. The smallest absolute Gasteiger partial charge is 0.352 e. The number of hydrogen-bond acceptors (Lipinski definition) is 6. The van der Waals surface area contributed by atoms with Gasteiger partial charge in [-0.2, -0.15) is 10.1 Å². The van der Waals surface area contributed by atoms with Crippen LogP contribution in [0.25, 0.3) is 0 Å². The van der Waals surface area contributed by atoms with E-state index in [1.165, 1.54) is 18.2 Å². The summed E-state index contributed by atoms with van der Waals surface area (Å²) in [6.45, 7) is 1.90. The van der Waals surface area contributed by atoms with Gasteiger partial charge in [-0.3, -0.25) is 0 Å². The van der Waals surface area contributed by atoms with Gasteiger partial charge in [-0.25, -0.2) is 9.48 Å². The van der Waals surface area contributed by atoms with Crippen molar-refractivity contribution in [1.82, 2.24) is 14.8 Å². The Morgan fingerprint density at radius 2 is 2.14 bits per heavy atom. The molecule has 0 spiro atoms. The molecule has 22 heavy (non-hydrogen) atoms. The molecule has 0 saturated heterocycles. The van der Waals surface area contributed by atoms with Gasteiger partial charge in [-0.15, -0.1) is 0 Å². The Bertz CT molecular complexity index is 781. The fraction of sp³-hybridized carbons (Fsp3) is 0.214. The highest BCUT2D eigenvalue weighted by atomic mass is 16.4. The predicted molar refractivity (Wildman–Crippen MR) is 76.7 cm³/mol. The van der Waals surface area contributed by atoms with Gasteiger partial charge in [0.15, 0.2) is 17.3 Å². The van der Waals surface area contributed by atoms with Crippen LogP contribution in [-0.2, 0) is 11.2 Å². The fourth-order valence-electron chi connectivity index (χ4n) is 2.27. The average molecular weight is 302 g/mol. The molecule has 0 amide bonds. The number of phenols is 2. The van der Waals surface area contributed by atoms with Gasteiger partial charge in [0.25, 0.3) is 0 Å². The Hall–Kier alpha value is -3.03. The molecular weight excluding hydrogens is 288 g/mol. The maximum absolute atomic E-state index is 11.3. The van der Waals surface area contributed by atoms with Gasteiger partial charge in [-0.1, -0.05) is 13.0 Å². The van der Waals surface area contributed by atoms with Crippen molar-refractivity contribution in [2.24, 2.45) is 0 Å². The number of nitrogens with zero attached hydrogens (tertiary/aromatic N) is 3. The molecule has 1 unspecified atom stereocenters. The zero-order valence-corrected chi connectivity index (χ0v) is 11.7. The number of carbonyl (C=O) groups is 1. The average Bonchev–Trinajstić information content (AvgIpc) is 2.92. The SMILES string of the molecule is CCc1nc2n(n1)C(c1ccc(O)c(O)c1)C=C(C(=O)O)N2. The highest BCUT2D eigenvalue weighted by Crippen LogP contribution is 2.33. The number of nitrogens with one attached hydrogen (secondary N) is 1. The number of phenolic OH excluding ortho intramolecular Hbond substituents is 2. The topological polar surface area (TPSA) is 121 Å². The molecule has 8 heteroatoms. The molecule has 1 aliphatic heterocycles. The third-order valence-corrected chi connectivity index (χ3v) is 3.40. The van der Waals surface area contributed by atoms with Crippen molar-refractivity contribution in [3.8, 4) is 11.5 Å². The van der Waals surface area contributed by atoms with E-state index in [4.69, 9.17) is 0 Å². The van der Waals surface area contributed by atoms with Gasteiger partial charge in [0.2, 0.25) is 5.95 Å². The number of hydrogen-bond donors (Lipinski definition) is 4. The summed E-state index contributed by atoms with van der Waals surface area (Å²) in [5.74, 6) is -0.725. The van der Waals surface area contributed by atoms with Crippen molar-refractivity contribution in [2.45, 2.75) is 19.4 Å². The highest BCUT2D eigenvalue weighted by Gasteiger charge is 2.27. The highest BCUT2D eigenvalue weighted by molar-refractivity contribution is 5.90. The summed E-state index contributed by atoms with van der Waals surface area (Å²) in [4.78, 5) is 15.5. The number of anilines is 1. The Morgan fingerprint density at radius 3 is 2.77 bits per heavy atom. The standard InChI is InChI=1S/C14H14N4O4/c1-2-12-16-14-15-8(13(21)22)6-9(18(14)17-12)7-3-4-10(19)11(20)5-7/h3-6,9,19-20H,2H2,1H3,(H,21,22)(H,15,16,17). The molecule has 1 aliphatic rings. The normalized spacial score (nSPS) is 16.6. The minimum atomic E-state index is -1.11. The molecule has 0 fully saturated rings.